The molecule has 1 rings (SSSR count). The smallest absolute Gasteiger partial charge is 0.0923 e. The molecule has 2 nitrogen and oxygen atoms in total. The Hall–Kier alpha value is -0.630. The van der Waals surface area contributed by atoms with E-state index in [-0.39, 0.29) is 0 Å². The molecule has 0 N–H and O–H groups in total. The molecule has 1 aliphatic rings. The first-order valence-electron chi connectivity index (χ1n) is 4.60. The summed E-state index contributed by atoms with van der Waals surface area (Å²) in [6.45, 7) is 0. The van der Waals surface area contributed by atoms with E-state index >= 15 is 0 Å². The summed E-state index contributed by atoms with van der Waals surface area (Å²) in [5.74, 6) is 0.673. The molecule has 0 amide bonds. The second-order valence-corrected chi connectivity index (χ2v) is 4.25. The number of hydrogen-bond acceptors (Lipinski definition) is 1. The minimum atomic E-state index is 0.673. The number of allylic oxidation sites excluding steroid dienone is 2. The lowest BCUT2D eigenvalue weighted by molar-refractivity contribution is -0.876. The molecule has 12 heavy (non-hydrogen) atoms. The van der Waals surface area contributed by atoms with Gasteiger partial charge in [0.15, 0.2) is 0 Å². The van der Waals surface area contributed by atoms with E-state index in [2.05, 4.69) is 44.6 Å². The lowest BCUT2D eigenvalue weighted by atomic mass is 9.96. The molecule has 1 aliphatic carbocycles. The van der Waals surface area contributed by atoms with Gasteiger partial charge in [0.2, 0.25) is 0 Å². The molecule has 0 aromatic carbocycles. The van der Waals surface area contributed by atoms with E-state index in [1.54, 1.807) is 0 Å². The summed E-state index contributed by atoms with van der Waals surface area (Å²) in [4.78, 5) is 0. The van der Waals surface area contributed by atoms with Gasteiger partial charge < -0.3 is 0 Å². The quantitative estimate of drug-likeness (QED) is 0.258. The summed E-state index contributed by atoms with van der Waals surface area (Å²) in [6.07, 6.45) is 10.3. The standard InChI is InChI=1S/C10H19N2/c1-12(2,3)11-9-10-7-5-4-6-8-10/h4-5,9-10H,6-8H2,1-3H3/q+1/b11-9+. The van der Waals surface area contributed by atoms with E-state index in [0.717, 1.165) is 0 Å². The van der Waals surface area contributed by atoms with Crippen LogP contribution in [0.5, 0.6) is 0 Å². The van der Waals surface area contributed by atoms with Crippen LogP contribution in [0.4, 0.5) is 0 Å². The molecule has 1 atom stereocenters. The number of rotatable bonds is 2. The second kappa shape index (κ2) is 3.85. The molecular formula is C10H19N2+. The topological polar surface area (TPSA) is 12.4 Å². The van der Waals surface area contributed by atoms with Gasteiger partial charge in [-0.15, -0.1) is 0 Å². The van der Waals surface area contributed by atoms with E-state index in [9.17, 15) is 0 Å². The lowest BCUT2D eigenvalue weighted by Crippen LogP contribution is -2.28. The average Bonchev–Trinajstić information content (AvgIpc) is 2.02. The molecule has 0 bridgehead atoms. The Morgan fingerprint density at radius 2 is 2.08 bits per heavy atom. The summed E-state index contributed by atoms with van der Waals surface area (Å²) in [5.41, 5.74) is 0. The van der Waals surface area contributed by atoms with Crippen molar-refractivity contribution in [2.24, 2.45) is 11.0 Å². The predicted molar refractivity (Wildman–Crippen MR) is 53.0 cm³/mol. The van der Waals surface area contributed by atoms with Crippen LogP contribution in [0.2, 0.25) is 0 Å². The normalized spacial score (nSPS) is 25.1. The number of nitrogens with zero attached hydrogens (tertiary/aromatic N) is 2. The molecule has 0 aromatic rings. The summed E-state index contributed by atoms with van der Waals surface area (Å²) in [5, 5.41) is 4.46. The summed E-state index contributed by atoms with van der Waals surface area (Å²) >= 11 is 0. The zero-order valence-corrected chi connectivity index (χ0v) is 8.33. The monoisotopic (exact) mass is 167 g/mol. The predicted octanol–water partition coefficient (Wildman–Crippen LogP) is 2.03. The van der Waals surface area contributed by atoms with Crippen molar-refractivity contribution < 1.29 is 4.59 Å². The number of hydrogen-bond donors (Lipinski definition) is 0. The highest BCUT2D eigenvalue weighted by molar-refractivity contribution is 5.60. The van der Waals surface area contributed by atoms with Crippen LogP contribution in [-0.4, -0.2) is 31.9 Å². The molecule has 0 radical (unpaired) electrons. The molecular weight excluding hydrogens is 148 g/mol. The van der Waals surface area contributed by atoms with Gasteiger partial charge in [0.1, 0.15) is 0 Å². The molecule has 0 aliphatic heterocycles. The molecule has 0 aromatic heterocycles. The van der Waals surface area contributed by atoms with Gasteiger partial charge >= 0.3 is 0 Å². The van der Waals surface area contributed by atoms with Crippen LogP contribution >= 0.6 is 0 Å². The average molecular weight is 167 g/mol. The van der Waals surface area contributed by atoms with Crippen LogP contribution in [0.3, 0.4) is 0 Å². The van der Waals surface area contributed by atoms with Crippen LogP contribution in [0, 0.1) is 5.92 Å². The van der Waals surface area contributed by atoms with Crippen molar-refractivity contribution in [3.05, 3.63) is 12.2 Å². The third-order valence-corrected chi connectivity index (χ3v) is 1.93. The zero-order chi connectivity index (χ0) is 9.03. The molecule has 68 valence electrons. The minimum Gasteiger partial charge on any atom is -0.205 e. The highest BCUT2D eigenvalue weighted by atomic mass is 15.6. The molecule has 1 unspecified atom stereocenters. The zero-order valence-electron chi connectivity index (χ0n) is 8.33. The summed E-state index contributed by atoms with van der Waals surface area (Å²) in [7, 11) is 6.24. The van der Waals surface area contributed by atoms with Gasteiger partial charge in [-0.05, 0) is 19.3 Å². The molecule has 0 saturated heterocycles. The molecule has 2 heteroatoms. The fourth-order valence-corrected chi connectivity index (χ4v) is 1.25. The number of quaternary nitrogens is 1. The maximum atomic E-state index is 4.46. The molecule has 0 spiro atoms. The van der Waals surface area contributed by atoms with Crippen LogP contribution in [-0.2, 0) is 0 Å². The SMILES string of the molecule is C[N+](C)(C)/N=C/C1CC=CCC1. The Balaban J connectivity index is 2.40. The third kappa shape index (κ3) is 3.67. The van der Waals surface area contributed by atoms with Crippen molar-refractivity contribution in [3.8, 4) is 0 Å². The fraction of sp³-hybridized carbons (Fsp3) is 0.700. The van der Waals surface area contributed by atoms with E-state index < -0.39 is 0 Å². The molecule has 0 saturated carbocycles. The molecule has 0 heterocycles. The minimum absolute atomic E-state index is 0.673. The van der Waals surface area contributed by atoms with E-state index in [0.29, 0.717) is 10.5 Å². The van der Waals surface area contributed by atoms with Crippen molar-refractivity contribution in [2.45, 2.75) is 19.3 Å². The second-order valence-electron chi connectivity index (χ2n) is 4.25. The van der Waals surface area contributed by atoms with E-state index in [1.807, 2.05) is 0 Å². The Labute approximate surface area is 75.2 Å². The van der Waals surface area contributed by atoms with Gasteiger partial charge in [-0.2, -0.15) is 0 Å². The van der Waals surface area contributed by atoms with Crippen LogP contribution in [0.1, 0.15) is 19.3 Å². The van der Waals surface area contributed by atoms with Crippen LogP contribution in [0.25, 0.3) is 0 Å². The van der Waals surface area contributed by atoms with Gasteiger partial charge in [-0.25, -0.2) is 4.59 Å². The van der Waals surface area contributed by atoms with Crippen molar-refractivity contribution in [3.63, 3.8) is 0 Å². The van der Waals surface area contributed by atoms with Crippen molar-refractivity contribution in [1.82, 2.24) is 0 Å². The van der Waals surface area contributed by atoms with Crippen molar-refractivity contribution in [1.29, 1.82) is 0 Å². The first-order valence-corrected chi connectivity index (χ1v) is 4.60. The van der Waals surface area contributed by atoms with Gasteiger partial charge in [0.05, 0.1) is 27.4 Å². The molecule has 0 fully saturated rings. The highest BCUT2D eigenvalue weighted by Gasteiger charge is 2.09. The van der Waals surface area contributed by atoms with Gasteiger partial charge in [0.25, 0.3) is 0 Å². The van der Waals surface area contributed by atoms with Crippen LogP contribution in [0.15, 0.2) is 17.3 Å². The maximum Gasteiger partial charge on any atom is 0.0923 e. The Morgan fingerprint density at radius 3 is 2.58 bits per heavy atom. The summed E-state index contributed by atoms with van der Waals surface area (Å²) < 4.78 is 0.681. The van der Waals surface area contributed by atoms with Crippen molar-refractivity contribution in [2.75, 3.05) is 21.1 Å². The Morgan fingerprint density at radius 1 is 1.33 bits per heavy atom. The fourth-order valence-electron chi connectivity index (χ4n) is 1.25. The van der Waals surface area contributed by atoms with Crippen molar-refractivity contribution >= 4 is 6.21 Å². The van der Waals surface area contributed by atoms with Crippen LogP contribution < -0.4 is 0 Å². The summed E-state index contributed by atoms with van der Waals surface area (Å²) in [6, 6.07) is 0. The first-order chi connectivity index (χ1) is 5.58. The van der Waals surface area contributed by atoms with Gasteiger partial charge in [-0.3, -0.25) is 0 Å². The largest absolute Gasteiger partial charge is 0.205 e. The van der Waals surface area contributed by atoms with E-state index in [4.69, 9.17) is 0 Å². The highest BCUT2D eigenvalue weighted by Crippen LogP contribution is 2.16. The van der Waals surface area contributed by atoms with Gasteiger partial charge in [0, 0.05) is 5.92 Å². The maximum absolute atomic E-state index is 4.46. The van der Waals surface area contributed by atoms with E-state index in [1.165, 1.54) is 19.3 Å². The third-order valence-electron chi connectivity index (χ3n) is 1.93. The Kier molecular flexibility index (Phi) is 3.04. The van der Waals surface area contributed by atoms with Gasteiger partial charge in [-0.1, -0.05) is 17.3 Å². The lowest BCUT2D eigenvalue weighted by Gasteiger charge is -2.17. The Bertz CT molecular complexity index is 187. The first kappa shape index (κ1) is 9.46.